The van der Waals surface area contributed by atoms with Crippen LogP contribution < -0.4 is 10.6 Å². The van der Waals surface area contributed by atoms with Gasteiger partial charge in [0.2, 0.25) is 17.2 Å². The van der Waals surface area contributed by atoms with Crippen LogP contribution in [0.25, 0.3) is 21.9 Å². The molecule has 1 aliphatic rings. The molecule has 0 saturated heterocycles. The molecule has 0 fully saturated rings. The molecule has 0 spiro atoms. The van der Waals surface area contributed by atoms with E-state index in [1.807, 2.05) is 54.6 Å². The highest BCUT2D eigenvalue weighted by atomic mass is 35.5. The molecule has 146 valence electrons. The zero-order valence-corrected chi connectivity index (χ0v) is 16.6. The largest absolute Gasteiger partial charge is 0.351 e. The lowest BCUT2D eigenvalue weighted by molar-refractivity contribution is 0.104. The van der Waals surface area contributed by atoms with Crippen molar-refractivity contribution in [1.29, 1.82) is 0 Å². The zero-order valence-electron chi connectivity index (χ0n) is 15.8. The summed E-state index contributed by atoms with van der Waals surface area (Å²) < 4.78 is 0. The second-order valence-corrected chi connectivity index (χ2v) is 7.15. The highest BCUT2D eigenvalue weighted by Gasteiger charge is 2.25. The second kappa shape index (κ2) is 7.24. The van der Waals surface area contributed by atoms with Crippen molar-refractivity contribution in [3.05, 3.63) is 83.7 Å². The Morgan fingerprint density at radius 3 is 2.47 bits per heavy atom. The van der Waals surface area contributed by atoms with Crippen LogP contribution in [0.15, 0.2) is 67.3 Å². The second-order valence-electron chi connectivity index (χ2n) is 6.81. The molecule has 0 saturated carbocycles. The van der Waals surface area contributed by atoms with E-state index in [2.05, 4.69) is 32.2 Å². The van der Waals surface area contributed by atoms with Crippen molar-refractivity contribution in [3.8, 4) is 11.1 Å². The number of ketones is 1. The molecule has 1 aromatic heterocycles. The Kier molecular flexibility index (Phi) is 4.41. The molecular weight excluding hydrogens is 398 g/mol. The molecule has 5 rings (SSSR count). The molecule has 6 nitrogen and oxygen atoms in total. The maximum absolute atomic E-state index is 13.1. The van der Waals surface area contributed by atoms with Crippen LogP contribution in [-0.2, 0) is 0 Å². The number of nitrogens with zero attached hydrogens (tertiary/aromatic N) is 3. The highest BCUT2D eigenvalue weighted by Crippen LogP contribution is 2.42. The first-order chi connectivity index (χ1) is 14.7. The number of carbonyl (C=O) groups is 1. The number of rotatable bonds is 5. The first kappa shape index (κ1) is 18.3. The van der Waals surface area contributed by atoms with Crippen molar-refractivity contribution in [1.82, 2.24) is 15.0 Å². The average Bonchev–Trinajstić information content (AvgIpc) is 2.76. The Morgan fingerprint density at radius 2 is 1.63 bits per heavy atom. The fraction of sp³-hybridized carbons (Fsp3) is 0.0435. The van der Waals surface area contributed by atoms with Crippen LogP contribution in [0.4, 0.5) is 17.6 Å². The molecule has 3 aromatic carbocycles. The maximum Gasteiger partial charge on any atom is 0.233 e. The predicted octanol–water partition coefficient (Wildman–Crippen LogP) is 5.23. The first-order valence-corrected chi connectivity index (χ1v) is 9.76. The Balaban J connectivity index is 1.64. The van der Waals surface area contributed by atoms with Crippen LogP contribution >= 0.6 is 11.6 Å². The molecule has 0 amide bonds. The topological polar surface area (TPSA) is 79.8 Å². The van der Waals surface area contributed by atoms with E-state index in [9.17, 15) is 4.79 Å². The van der Waals surface area contributed by atoms with Gasteiger partial charge in [0.1, 0.15) is 0 Å². The minimum atomic E-state index is 0.0277. The van der Waals surface area contributed by atoms with Crippen molar-refractivity contribution in [3.63, 3.8) is 0 Å². The number of benzene rings is 3. The number of fused-ring (bicyclic) bond motifs is 2. The summed E-state index contributed by atoms with van der Waals surface area (Å²) in [7, 11) is 0. The van der Waals surface area contributed by atoms with Crippen molar-refractivity contribution in [2.24, 2.45) is 0 Å². The molecule has 0 radical (unpaired) electrons. The third-order valence-electron chi connectivity index (χ3n) is 5.01. The van der Waals surface area contributed by atoms with Gasteiger partial charge in [-0.3, -0.25) is 4.79 Å². The molecule has 0 bridgehead atoms. The normalized spacial score (nSPS) is 11.8. The smallest absolute Gasteiger partial charge is 0.233 e. The Bertz CT molecular complexity index is 1330. The minimum absolute atomic E-state index is 0.0277. The minimum Gasteiger partial charge on any atom is -0.351 e. The van der Waals surface area contributed by atoms with Crippen molar-refractivity contribution in [2.45, 2.75) is 0 Å². The van der Waals surface area contributed by atoms with Gasteiger partial charge in [0.05, 0.1) is 0 Å². The lowest BCUT2D eigenvalue weighted by atomic mass is 9.82. The van der Waals surface area contributed by atoms with Crippen LogP contribution in [-0.4, -0.2) is 27.3 Å². The number of carbonyl (C=O) groups excluding carboxylic acids is 1. The van der Waals surface area contributed by atoms with Crippen molar-refractivity contribution >= 4 is 45.7 Å². The van der Waals surface area contributed by atoms with Gasteiger partial charge in [0.15, 0.2) is 5.78 Å². The molecule has 2 N–H and O–H groups in total. The van der Waals surface area contributed by atoms with Gasteiger partial charge in [-0.15, -0.1) is 6.58 Å². The fourth-order valence-corrected chi connectivity index (χ4v) is 3.92. The lowest BCUT2D eigenvalue weighted by Crippen LogP contribution is -2.10. The molecule has 4 aromatic rings. The zero-order chi connectivity index (χ0) is 20.7. The summed E-state index contributed by atoms with van der Waals surface area (Å²) >= 11 is 6.06. The summed E-state index contributed by atoms with van der Waals surface area (Å²) in [5.74, 6) is 0.689. The summed E-state index contributed by atoms with van der Waals surface area (Å²) in [5.41, 5.74) is 4.16. The van der Waals surface area contributed by atoms with E-state index in [0.29, 0.717) is 24.0 Å². The molecular formula is C23H16ClN5O. The molecule has 0 unspecified atom stereocenters. The third kappa shape index (κ3) is 2.98. The van der Waals surface area contributed by atoms with E-state index in [4.69, 9.17) is 11.6 Å². The van der Waals surface area contributed by atoms with Crippen LogP contribution in [0.1, 0.15) is 15.9 Å². The van der Waals surface area contributed by atoms with E-state index in [1.54, 1.807) is 6.08 Å². The van der Waals surface area contributed by atoms with E-state index >= 15 is 0 Å². The first-order valence-electron chi connectivity index (χ1n) is 9.39. The van der Waals surface area contributed by atoms with E-state index in [-0.39, 0.29) is 11.1 Å². The number of hydrogen-bond acceptors (Lipinski definition) is 6. The molecule has 0 aliphatic heterocycles. The number of hydrogen-bond donors (Lipinski definition) is 2. The SMILES string of the molecule is C=CCNc1nc(Cl)nc(Nc2ccc3c4c(cccc24)C(=O)c2ccccc2-3)n1. The van der Waals surface area contributed by atoms with Crippen LogP contribution in [0.2, 0.25) is 5.28 Å². The van der Waals surface area contributed by atoms with E-state index in [1.165, 1.54) is 0 Å². The summed E-state index contributed by atoms with van der Waals surface area (Å²) in [6, 6.07) is 17.4. The van der Waals surface area contributed by atoms with Gasteiger partial charge >= 0.3 is 0 Å². The van der Waals surface area contributed by atoms with Crippen LogP contribution in [0.3, 0.4) is 0 Å². The van der Waals surface area contributed by atoms with Gasteiger partial charge < -0.3 is 10.6 Å². The number of aromatic nitrogens is 3. The summed E-state index contributed by atoms with van der Waals surface area (Å²) in [6.07, 6.45) is 1.70. The van der Waals surface area contributed by atoms with E-state index in [0.717, 1.165) is 33.2 Å². The van der Waals surface area contributed by atoms with Gasteiger partial charge in [0.25, 0.3) is 0 Å². The number of anilines is 3. The van der Waals surface area contributed by atoms with Gasteiger partial charge in [-0.2, -0.15) is 15.0 Å². The lowest BCUT2D eigenvalue weighted by Gasteiger charge is -2.21. The Labute approximate surface area is 177 Å². The summed E-state index contributed by atoms with van der Waals surface area (Å²) in [4.78, 5) is 25.7. The van der Waals surface area contributed by atoms with Crippen LogP contribution in [0, 0.1) is 0 Å². The molecule has 1 heterocycles. The van der Waals surface area contributed by atoms with Crippen molar-refractivity contribution < 1.29 is 4.79 Å². The highest BCUT2D eigenvalue weighted by molar-refractivity contribution is 6.28. The van der Waals surface area contributed by atoms with Crippen LogP contribution in [0.5, 0.6) is 0 Å². The maximum atomic E-state index is 13.1. The molecule has 0 atom stereocenters. The Morgan fingerprint density at radius 1 is 0.867 bits per heavy atom. The number of halogens is 1. The van der Waals surface area contributed by atoms with E-state index < -0.39 is 0 Å². The third-order valence-corrected chi connectivity index (χ3v) is 5.18. The van der Waals surface area contributed by atoms with Crippen molar-refractivity contribution in [2.75, 3.05) is 17.2 Å². The number of nitrogens with one attached hydrogen (secondary N) is 2. The molecule has 7 heteroatoms. The van der Waals surface area contributed by atoms with Gasteiger partial charge in [0, 0.05) is 34.1 Å². The molecule has 1 aliphatic carbocycles. The Hall–Kier alpha value is -3.77. The predicted molar refractivity (Wildman–Crippen MR) is 120 cm³/mol. The van der Waals surface area contributed by atoms with Gasteiger partial charge in [-0.1, -0.05) is 54.6 Å². The molecule has 30 heavy (non-hydrogen) atoms. The quantitative estimate of drug-likeness (QED) is 0.384. The standard InChI is InChI=1S/C23H16ClN5O/c1-2-12-25-22-27-21(24)28-23(29-22)26-18-11-10-14-13-6-3-4-7-15(13)20(30)17-9-5-8-16(18)19(14)17/h2-11H,1,12H2,(H2,25,26,27,28,29). The van der Waals surface area contributed by atoms with Gasteiger partial charge in [-0.25, -0.2) is 0 Å². The summed E-state index contributed by atoms with van der Waals surface area (Å²) in [6.45, 7) is 4.17. The van der Waals surface area contributed by atoms with Gasteiger partial charge in [-0.05, 0) is 28.8 Å². The summed E-state index contributed by atoms with van der Waals surface area (Å²) in [5, 5.41) is 8.12. The average molecular weight is 414 g/mol. The fourth-order valence-electron chi connectivity index (χ4n) is 3.76. The monoisotopic (exact) mass is 413 g/mol.